The molecule has 1 aromatic rings. The smallest absolute Gasteiger partial charge is 0.228 e. The number of halogens is 3. The summed E-state index contributed by atoms with van der Waals surface area (Å²) in [6.07, 6.45) is 1.12. The fourth-order valence-electron chi connectivity index (χ4n) is 1.79. The number of rotatable bonds is 6. The number of carbonyl (C=O) groups excluding carboxylic acids is 1. The summed E-state index contributed by atoms with van der Waals surface area (Å²) in [7, 11) is 0. The molecule has 0 bridgehead atoms. The summed E-state index contributed by atoms with van der Waals surface area (Å²) in [6.45, 7) is 3.97. The van der Waals surface area contributed by atoms with Crippen LogP contribution >= 0.6 is 47.0 Å². The summed E-state index contributed by atoms with van der Waals surface area (Å²) in [4.78, 5) is 11.9. The highest BCUT2D eigenvalue weighted by Crippen LogP contribution is 2.29. The van der Waals surface area contributed by atoms with E-state index in [1.165, 1.54) is 0 Å². The van der Waals surface area contributed by atoms with Crippen molar-refractivity contribution in [1.82, 2.24) is 10.6 Å². The Balaban J connectivity index is 2.66. The van der Waals surface area contributed by atoms with Crippen molar-refractivity contribution in [2.45, 2.75) is 43.1 Å². The topological polar surface area (TPSA) is 53.2 Å². The molecule has 1 amide bonds. The minimum absolute atomic E-state index is 0.200. The summed E-state index contributed by atoms with van der Waals surface area (Å²) in [6, 6.07) is 7.67. The predicted octanol–water partition coefficient (Wildman–Crippen LogP) is 4.28. The molecular weight excluding hydrogens is 377 g/mol. The van der Waals surface area contributed by atoms with E-state index in [9.17, 15) is 4.79 Å². The average Bonchev–Trinajstić information content (AvgIpc) is 2.43. The van der Waals surface area contributed by atoms with Gasteiger partial charge < -0.3 is 16.0 Å². The maximum Gasteiger partial charge on any atom is 0.228 e. The van der Waals surface area contributed by atoms with Gasteiger partial charge in [-0.15, -0.1) is 0 Å². The normalized spacial score (nSPS) is 12.4. The molecule has 0 aliphatic heterocycles. The van der Waals surface area contributed by atoms with Crippen LogP contribution in [0.15, 0.2) is 24.3 Å². The zero-order valence-electron chi connectivity index (χ0n) is 13.0. The largest absolute Gasteiger partial charge is 0.339 e. The molecule has 0 unspecified atom stereocenters. The van der Waals surface area contributed by atoms with Gasteiger partial charge >= 0.3 is 0 Å². The number of amides is 1. The SMILES string of the molecule is CCCCC(=O)N[C@@H](NC(=S)Nc1cccc(C)c1)C(Cl)(Cl)Cl. The van der Waals surface area contributed by atoms with E-state index in [1.54, 1.807) is 0 Å². The number of hydrogen-bond donors (Lipinski definition) is 3. The van der Waals surface area contributed by atoms with Crippen LogP contribution in [0.2, 0.25) is 0 Å². The first kappa shape index (κ1) is 20.3. The van der Waals surface area contributed by atoms with Gasteiger partial charge in [0.15, 0.2) is 5.11 Å². The summed E-state index contributed by atoms with van der Waals surface area (Å²) in [5.74, 6) is -0.200. The first-order valence-electron chi connectivity index (χ1n) is 7.22. The van der Waals surface area contributed by atoms with Gasteiger partial charge in [-0.3, -0.25) is 4.79 Å². The Bertz CT molecular complexity index is 549. The molecule has 0 radical (unpaired) electrons. The van der Waals surface area contributed by atoms with Crippen molar-refractivity contribution in [3.05, 3.63) is 29.8 Å². The van der Waals surface area contributed by atoms with Crippen molar-refractivity contribution < 1.29 is 4.79 Å². The van der Waals surface area contributed by atoms with E-state index in [4.69, 9.17) is 47.0 Å². The van der Waals surface area contributed by atoms with Gasteiger partial charge in [-0.2, -0.15) is 0 Å². The van der Waals surface area contributed by atoms with Gasteiger partial charge in [0.1, 0.15) is 6.17 Å². The fraction of sp³-hybridized carbons (Fsp3) is 0.467. The lowest BCUT2D eigenvalue weighted by molar-refractivity contribution is -0.122. The van der Waals surface area contributed by atoms with Crippen molar-refractivity contribution in [2.75, 3.05) is 5.32 Å². The number of carbonyl (C=O) groups is 1. The number of benzene rings is 1. The van der Waals surface area contributed by atoms with Gasteiger partial charge in [-0.05, 0) is 43.3 Å². The van der Waals surface area contributed by atoms with E-state index in [0.717, 1.165) is 24.1 Å². The summed E-state index contributed by atoms with van der Waals surface area (Å²) < 4.78 is -1.74. The van der Waals surface area contributed by atoms with Crippen molar-refractivity contribution in [3.8, 4) is 0 Å². The molecule has 0 aliphatic rings. The third-order valence-corrected chi connectivity index (χ3v) is 3.82. The van der Waals surface area contributed by atoms with Gasteiger partial charge in [0, 0.05) is 12.1 Å². The van der Waals surface area contributed by atoms with E-state index in [-0.39, 0.29) is 11.0 Å². The molecular formula is C15H20Cl3N3OS. The zero-order valence-corrected chi connectivity index (χ0v) is 16.0. The molecule has 4 nitrogen and oxygen atoms in total. The van der Waals surface area contributed by atoms with E-state index < -0.39 is 9.96 Å². The lowest BCUT2D eigenvalue weighted by Crippen LogP contribution is -2.56. The van der Waals surface area contributed by atoms with Crippen LogP contribution in [0, 0.1) is 6.92 Å². The van der Waals surface area contributed by atoms with Gasteiger partial charge in [0.2, 0.25) is 9.70 Å². The van der Waals surface area contributed by atoms with Crippen LogP contribution in [0.3, 0.4) is 0 Å². The predicted molar refractivity (Wildman–Crippen MR) is 102 cm³/mol. The molecule has 128 valence electrons. The lowest BCUT2D eigenvalue weighted by atomic mass is 10.2. The highest BCUT2D eigenvalue weighted by Gasteiger charge is 2.34. The Kier molecular flexibility index (Phi) is 8.40. The van der Waals surface area contributed by atoms with Crippen LogP contribution < -0.4 is 16.0 Å². The average molecular weight is 397 g/mol. The number of unbranched alkanes of at least 4 members (excludes halogenated alkanes) is 1. The second kappa shape index (κ2) is 9.52. The molecule has 0 saturated heterocycles. The van der Waals surface area contributed by atoms with Gasteiger partial charge in [0.25, 0.3) is 0 Å². The Hall–Kier alpha value is -0.750. The van der Waals surface area contributed by atoms with Crippen molar-refractivity contribution in [1.29, 1.82) is 0 Å². The minimum atomic E-state index is -1.74. The third kappa shape index (κ3) is 8.06. The van der Waals surface area contributed by atoms with Crippen LogP contribution in [0.25, 0.3) is 0 Å². The Morgan fingerprint density at radius 3 is 2.57 bits per heavy atom. The molecule has 0 aliphatic carbocycles. The second-order valence-electron chi connectivity index (χ2n) is 5.11. The standard InChI is InChI=1S/C15H20Cl3N3OS/c1-3-4-8-12(22)20-13(15(16,17)18)21-14(23)19-11-7-5-6-10(2)9-11/h5-7,9,13H,3-4,8H2,1-2H3,(H,20,22)(H2,19,21,23)/t13-/m0/s1. The number of thiocarbonyl (C=S) groups is 1. The number of nitrogens with one attached hydrogen (secondary N) is 3. The van der Waals surface area contributed by atoms with Gasteiger partial charge in [-0.1, -0.05) is 60.3 Å². The highest BCUT2D eigenvalue weighted by molar-refractivity contribution is 7.80. The van der Waals surface area contributed by atoms with Crippen LogP contribution in [-0.2, 0) is 4.79 Å². The van der Waals surface area contributed by atoms with Crippen LogP contribution in [-0.4, -0.2) is 21.0 Å². The first-order valence-corrected chi connectivity index (χ1v) is 8.77. The van der Waals surface area contributed by atoms with Crippen LogP contribution in [0.4, 0.5) is 5.69 Å². The van der Waals surface area contributed by atoms with Crippen LogP contribution in [0.5, 0.6) is 0 Å². The molecule has 3 N–H and O–H groups in total. The Morgan fingerprint density at radius 1 is 1.30 bits per heavy atom. The maximum absolute atomic E-state index is 11.9. The Morgan fingerprint density at radius 2 is 2.00 bits per heavy atom. The third-order valence-electron chi connectivity index (χ3n) is 2.94. The molecule has 0 fully saturated rings. The van der Waals surface area contributed by atoms with E-state index in [1.807, 2.05) is 38.1 Å². The minimum Gasteiger partial charge on any atom is -0.339 e. The number of aryl methyl sites for hydroxylation is 1. The molecule has 1 rings (SSSR count). The number of alkyl halides is 3. The summed E-state index contributed by atoms with van der Waals surface area (Å²) in [5.41, 5.74) is 1.89. The van der Waals surface area contributed by atoms with Crippen molar-refractivity contribution >= 4 is 63.7 Å². The molecule has 1 atom stereocenters. The second-order valence-corrected chi connectivity index (χ2v) is 7.89. The van der Waals surface area contributed by atoms with E-state index in [0.29, 0.717) is 6.42 Å². The summed E-state index contributed by atoms with van der Waals surface area (Å²) in [5, 5.41) is 8.72. The van der Waals surface area contributed by atoms with Crippen molar-refractivity contribution in [3.63, 3.8) is 0 Å². The van der Waals surface area contributed by atoms with Crippen molar-refractivity contribution in [2.24, 2.45) is 0 Å². The molecule has 0 heterocycles. The Labute approximate surface area is 157 Å². The maximum atomic E-state index is 11.9. The number of hydrogen-bond acceptors (Lipinski definition) is 2. The molecule has 23 heavy (non-hydrogen) atoms. The monoisotopic (exact) mass is 395 g/mol. The molecule has 0 spiro atoms. The summed E-state index contributed by atoms with van der Waals surface area (Å²) >= 11 is 23.0. The fourth-order valence-corrected chi connectivity index (χ4v) is 2.35. The molecule has 0 aromatic heterocycles. The zero-order chi connectivity index (χ0) is 17.5. The quantitative estimate of drug-likeness (QED) is 0.381. The lowest BCUT2D eigenvalue weighted by Gasteiger charge is -2.27. The molecule has 0 saturated carbocycles. The van der Waals surface area contributed by atoms with Gasteiger partial charge in [0.05, 0.1) is 0 Å². The van der Waals surface area contributed by atoms with E-state index >= 15 is 0 Å². The van der Waals surface area contributed by atoms with Gasteiger partial charge in [-0.25, -0.2) is 0 Å². The molecule has 1 aromatic carbocycles. The molecule has 8 heteroatoms. The van der Waals surface area contributed by atoms with E-state index in [2.05, 4.69) is 16.0 Å². The number of anilines is 1. The highest BCUT2D eigenvalue weighted by atomic mass is 35.6. The van der Waals surface area contributed by atoms with Crippen LogP contribution in [0.1, 0.15) is 31.7 Å². The first-order chi connectivity index (χ1) is 10.7.